The second kappa shape index (κ2) is 6.80. The fourth-order valence-corrected chi connectivity index (χ4v) is 2.41. The minimum absolute atomic E-state index is 0.0507. The fourth-order valence-electron chi connectivity index (χ4n) is 1.79. The van der Waals surface area contributed by atoms with Crippen LogP contribution in [0.3, 0.4) is 0 Å². The van der Waals surface area contributed by atoms with Gasteiger partial charge in [-0.2, -0.15) is 0 Å². The predicted octanol–water partition coefficient (Wildman–Crippen LogP) is 3.34. The lowest BCUT2D eigenvalue weighted by molar-refractivity contribution is -0.113. The van der Waals surface area contributed by atoms with E-state index in [0.717, 1.165) is 0 Å². The molecule has 6 nitrogen and oxygen atoms in total. The van der Waals surface area contributed by atoms with Gasteiger partial charge in [0.2, 0.25) is 0 Å². The van der Waals surface area contributed by atoms with Crippen LogP contribution in [0.15, 0.2) is 68.8 Å². The zero-order chi connectivity index (χ0) is 16.1. The van der Waals surface area contributed by atoms with Crippen LogP contribution in [-0.2, 0) is 4.79 Å². The standard InChI is InChI=1S/C16H12N2O4S/c19-15(18-14-6-2-8-22-14)12(10-11-4-1-7-21-11)17-16(20)13-5-3-9-23-13/h1-10H,(H,17,20)(H,18,19)/b12-10-. The van der Waals surface area contributed by atoms with Crippen molar-refractivity contribution in [3.8, 4) is 0 Å². The Morgan fingerprint density at radius 3 is 2.52 bits per heavy atom. The van der Waals surface area contributed by atoms with Crippen LogP contribution in [0, 0.1) is 0 Å². The molecular weight excluding hydrogens is 316 g/mol. The molecule has 3 rings (SSSR count). The lowest BCUT2D eigenvalue weighted by Crippen LogP contribution is -2.30. The summed E-state index contributed by atoms with van der Waals surface area (Å²) in [5.41, 5.74) is 0.0507. The molecule has 116 valence electrons. The maximum absolute atomic E-state index is 12.3. The van der Waals surface area contributed by atoms with Crippen molar-refractivity contribution in [3.05, 3.63) is 70.6 Å². The number of hydrogen-bond acceptors (Lipinski definition) is 5. The van der Waals surface area contributed by atoms with Crippen LogP contribution in [0.2, 0.25) is 0 Å². The molecule has 0 saturated heterocycles. The summed E-state index contributed by atoms with van der Waals surface area (Å²) in [5.74, 6) is -0.152. The van der Waals surface area contributed by atoms with Crippen LogP contribution >= 0.6 is 11.3 Å². The third-order valence-electron chi connectivity index (χ3n) is 2.83. The highest BCUT2D eigenvalue weighted by Crippen LogP contribution is 2.13. The van der Waals surface area contributed by atoms with Gasteiger partial charge in [-0.15, -0.1) is 11.3 Å². The number of anilines is 1. The molecule has 0 bridgehead atoms. The van der Waals surface area contributed by atoms with E-state index in [-0.39, 0.29) is 17.5 Å². The minimum Gasteiger partial charge on any atom is -0.465 e. The summed E-state index contributed by atoms with van der Waals surface area (Å²) >= 11 is 1.29. The quantitative estimate of drug-likeness (QED) is 0.704. The van der Waals surface area contributed by atoms with Crippen molar-refractivity contribution >= 4 is 35.1 Å². The largest absolute Gasteiger partial charge is 0.465 e. The molecule has 0 atom stereocenters. The lowest BCUT2D eigenvalue weighted by Gasteiger charge is -2.08. The van der Waals surface area contributed by atoms with Gasteiger partial charge in [0.1, 0.15) is 11.5 Å². The lowest BCUT2D eigenvalue weighted by atomic mass is 10.3. The Labute approximate surface area is 135 Å². The number of nitrogens with one attached hydrogen (secondary N) is 2. The van der Waals surface area contributed by atoms with Crippen molar-refractivity contribution in [1.29, 1.82) is 0 Å². The molecule has 0 unspecified atom stereocenters. The number of furan rings is 2. The number of thiophene rings is 1. The van der Waals surface area contributed by atoms with Crippen molar-refractivity contribution < 1.29 is 18.4 Å². The molecule has 3 aromatic rings. The van der Waals surface area contributed by atoms with Gasteiger partial charge in [0, 0.05) is 12.1 Å². The summed E-state index contributed by atoms with van der Waals surface area (Å²) in [7, 11) is 0. The normalized spacial score (nSPS) is 11.2. The summed E-state index contributed by atoms with van der Waals surface area (Å²) in [6.45, 7) is 0. The molecule has 0 aliphatic carbocycles. The van der Waals surface area contributed by atoms with Crippen LogP contribution in [0.25, 0.3) is 6.08 Å². The molecular formula is C16H12N2O4S. The summed E-state index contributed by atoms with van der Waals surface area (Å²) in [6, 6.07) is 10.1. The van der Waals surface area contributed by atoms with Crippen molar-refractivity contribution in [3.63, 3.8) is 0 Å². The molecule has 0 saturated carbocycles. The highest BCUT2D eigenvalue weighted by molar-refractivity contribution is 7.12. The second-order valence-electron chi connectivity index (χ2n) is 4.44. The van der Waals surface area contributed by atoms with Crippen LogP contribution in [0.5, 0.6) is 0 Å². The number of carbonyl (C=O) groups is 2. The second-order valence-corrected chi connectivity index (χ2v) is 5.38. The van der Waals surface area contributed by atoms with E-state index in [0.29, 0.717) is 10.6 Å². The average Bonchev–Trinajstić information content (AvgIpc) is 3.29. The Kier molecular flexibility index (Phi) is 4.39. The van der Waals surface area contributed by atoms with Crippen LogP contribution in [-0.4, -0.2) is 11.8 Å². The number of amides is 2. The molecule has 0 aliphatic heterocycles. The monoisotopic (exact) mass is 328 g/mol. The molecule has 0 aromatic carbocycles. The van der Waals surface area contributed by atoms with Crippen molar-refractivity contribution in [1.82, 2.24) is 5.32 Å². The van der Waals surface area contributed by atoms with Gasteiger partial charge in [-0.1, -0.05) is 6.07 Å². The Bertz CT molecular complexity index is 803. The zero-order valence-corrected chi connectivity index (χ0v) is 12.6. The number of hydrogen-bond donors (Lipinski definition) is 2. The third-order valence-corrected chi connectivity index (χ3v) is 3.69. The van der Waals surface area contributed by atoms with Crippen LogP contribution < -0.4 is 10.6 Å². The smallest absolute Gasteiger partial charge is 0.274 e. The Hall–Kier alpha value is -3.06. The Balaban J connectivity index is 1.81. The molecule has 0 radical (unpaired) electrons. The summed E-state index contributed by atoms with van der Waals surface area (Å²) in [4.78, 5) is 25.0. The topological polar surface area (TPSA) is 84.5 Å². The van der Waals surface area contributed by atoms with E-state index in [1.165, 1.54) is 29.9 Å². The van der Waals surface area contributed by atoms with Crippen LogP contribution in [0.1, 0.15) is 15.4 Å². The number of carbonyl (C=O) groups excluding carboxylic acids is 2. The Morgan fingerprint density at radius 1 is 1.04 bits per heavy atom. The molecule has 0 aliphatic rings. The minimum atomic E-state index is -0.513. The molecule has 0 spiro atoms. The molecule has 23 heavy (non-hydrogen) atoms. The molecule has 2 N–H and O–H groups in total. The first-order chi connectivity index (χ1) is 11.2. The van der Waals surface area contributed by atoms with Crippen molar-refractivity contribution in [2.45, 2.75) is 0 Å². The van der Waals surface area contributed by atoms with Crippen LogP contribution in [0.4, 0.5) is 5.88 Å². The maximum Gasteiger partial charge on any atom is 0.274 e. The molecule has 3 heterocycles. The van der Waals surface area contributed by atoms with E-state index in [9.17, 15) is 9.59 Å². The third kappa shape index (κ3) is 3.78. The van der Waals surface area contributed by atoms with Gasteiger partial charge >= 0.3 is 0 Å². The SMILES string of the molecule is O=C(Nc1ccco1)/C(=C/c1ccco1)NC(=O)c1cccs1. The molecule has 3 aromatic heterocycles. The van der Waals surface area contributed by atoms with E-state index in [4.69, 9.17) is 8.83 Å². The van der Waals surface area contributed by atoms with Gasteiger partial charge < -0.3 is 14.2 Å². The highest BCUT2D eigenvalue weighted by Gasteiger charge is 2.16. The zero-order valence-electron chi connectivity index (χ0n) is 11.8. The van der Waals surface area contributed by atoms with E-state index >= 15 is 0 Å². The highest BCUT2D eigenvalue weighted by atomic mass is 32.1. The fraction of sp³-hybridized carbons (Fsp3) is 0. The van der Waals surface area contributed by atoms with Gasteiger partial charge in [0.05, 0.1) is 17.4 Å². The van der Waals surface area contributed by atoms with E-state index in [1.807, 2.05) is 0 Å². The average molecular weight is 328 g/mol. The number of rotatable bonds is 5. The van der Waals surface area contributed by atoms with E-state index in [1.54, 1.807) is 41.8 Å². The summed E-state index contributed by atoms with van der Waals surface area (Å²) in [5, 5.41) is 6.93. The molecule has 2 amide bonds. The van der Waals surface area contributed by atoms with Crippen molar-refractivity contribution in [2.24, 2.45) is 0 Å². The maximum atomic E-state index is 12.3. The van der Waals surface area contributed by atoms with Gasteiger partial charge in [-0.3, -0.25) is 14.9 Å². The van der Waals surface area contributed by atoms with Gasteiger partial charge in [-0.05, 0) is 29.6 Å². The van der Waals surface area contributed by atoms with Gasteiger partial charge in [0.15, 0.2) is 5.88 Å². The first-order valence-electron chi connectivity index (χ1n) is 6.67. The summed E-state index contributed by atoms with van der Waals surface area (Å²) < 4.78 is 10.3. The Morgan fingerprint density at radius 2 is 1.87 bits per heavy atom. The summed E-state index contributed by atoms with van der Waals surface area (Å²) in [6.07, 6.45) is 4.37. The first kappa shape index (κ1) is 14.9. The first-order valence-corrected chi connectivity index (χ1v) is 7.55. The van der Waals surface area contributed by atoms with Gasteiger partial charge in [0.25, 0.3) is 11.8 Å². The molecule has 0 fully saturated rings. The van der Waals surface area contributed by atoms with E-state index < -0.39 is 5.91 Å². The van der Waals surface area contributed by atoms with Crippen molar-refractivity contribution in [2.75, 3.05) is 5.32 Å². The predicted molar refractivity (Wildman–Crippen MR) is 85.8 cm³/mol. The molecule has 7 heteroatoms. The van der Waals surface area contributed by atoms with E-state index in [2.05, 4.69) is 10.6 Å². The van der Waals surface area contributed by atoms with Gasteiger partial charge in [-0.25, -0.2) is 0 Å².